The molecule has 1 unspecified atom stereocenters. The zero-order chi connectivity index (χ0) is 14.5. The number of nitrogens with one attached hydrogen (secondary N) is 1. The number of carbonyl (C=O) groups is 1. The average Bonchev–Trinajstić information content (AvgIpc) is 2.28. The Bertz CT molecular complexity index is 430. The highest BCUT2D eigenvalue weighted by atomic mass is 35.5. The first-order valence-corrected chi connectivity index (χ1v) is 6.62. The van der Waals surface area contributed by atoms with E-state index in [-0.39, 0.29) is 6.04 Å². The largest absolute Gasteiger partial charge is 0.444 e. The van der Waals surface area contributed by atoms with Crippen LogP contribution in [0.5, 0.6) is 0 Å². The Hall–Kier alpha value is -1.26. The molecule has 0 radical (unpaired) electrons. The van der Waals surface area contributed by atoms with Crippen molar-refractivity contribution >= 4 is 17.7 Å². The van der Waals surface area contributed by atoms with Gasteiger partial charge in [0, 0.05) is 17.6 Å². The average molecular weight is 285 g/mol. The first kappa shape index (κ1) is 15.8. The van der Waals surface area contributed by atoms with Crippen molar-refractivity contribution in [3.8, 4) is 0 Å². The zero-order valence-corrected chi connectivity index (χ0v) is 12.3. The first-order chi connectivity index (χ1) is 8.81. The first-order valence-electron chi connectivity index (χ1n) is 6.25. The summed E-state index contributed by atoms with van der Waals surface area (Å²) in [5.74, 6) is 0. The van der Waals surface area contributed by atoms with Crippen LogP contribution in [0.2, 0.25) is 5.02 Å². The molecule has 1 rings (SSSR count). The van der Waals surface area contributed by atoms with Crippen molar-refractivity contribution in [2.24, 2.45) is 5.73 Å². The Morgan fingerprint density at radius 2 is 2.05 bits per heavy atom. The van der Waals surface area contributed by atoms with Gasteiger partial charge in [0.15, 0.2) is 0 Å². The number of alkyl carbamates (subject to hydrolysis) is 1. The lowest BCUT2D eigenvalue weighted by molar-refractivity contribution is 0.0506. The normalized spacial score (nSPS) is 12.9. The molecule has 0 bridgehead atoms. The van der Waals surface area contributed by atoms with Gasteiger partial charge in [-0.05, 0) is 38.8 Å². The molecule has 1 atom stereocenters. The van der Waals surface area contributed by atoms with Gasteiger partial charge in [0.25, 0.3) is 0 Å². The molecule has 4 nitrogen and oxygen atoms in total. The van der Waals surface area contributed by atoms with Gasteiger partial charge in [0.2, 0.25) is 0 Å². The van der Waals surface area contributed by atoms with E-state index in [4.69, 9.17) is 22.1 Å². The Morgan fingerprint density at radius 3 is 2.58 bits per heavy atom. The van der Waals surface area contributed by atoms with Gasteiger partial charge in [-0.15, -0.1) is 0 Å². The quantitative estimate of drug-likeness (QED) is 0.893. The third-order valence-electron chi connectivity index (χ3n) is 2.43. The number of hydrogen-bond acceptors (Lipinski definition) is 3. The molecule has 0 aliphatic carbocycles. The summed E-state index contributed by atoms with van der Waals surface area (Å²) in [6.45, 7) is 5.78. The summed E-state index contributed by atoms with van der Waals surface area (Å²) in [4.78, 5) is 11.7. The van der Waals surface area contributed by atoms with E-state index in [9.17, 15) is 4.79 Å². The van der Waals surface area contributed by atoms with E-state index < -0.39 is 11.7 Å². The second-order valence-electron chi connectivity index (χ2n) is 5.37. The minimum Gasteiger partial charge on any atom is -0.444 e. The van der Waals surface area contributed by atoms with E-state index in [0.717, 1.165) is 5.56 Å². The van der Waals surface area contributed by atoms with Gasteiger partial charge >= 0.3 is 6.09 Å². The predicted molar refractivity (Wildman–Crippen MR) is 77.4 cm³/mol. The van der Waals surface area contributed by atoms with Crippen LogP contribution < -0.4 is 11.1 Å². The summed E-state index contributed by atoms with van der Waals surface area (Å²) in [5.41, 5.74) is 6.10. The van der Waals surface area contributed by atoms with Crippen molar-refractivity contribution in [1.29, 1.82) is 0 Å². The molecule has 1 aromatic rings. The van der Waals surface area contributed by atoms with E-state index in [2.05, 4.69) is 5.32 Å². The molecule has 0 fully saturated rings. The predicted octanol–water partition coefficient (Wildman–Crippen LogP) is 2.73. The van der Waals surface area contributed by atoms with Gasteiger partial charge in [-0.2, -0.15) is 0 Å². The van der Waals surface area contributed by atoms with Crippen LogP contribution in [-0.2, 0) is 11.2 Å². The summed E-state index contributed by atoms with van der Waals surface area (Å²) in [5, 5.41) is 3.43. The van der Waals surface area contributed by atoms with Gasteiger partial charge < -0.3 is 15.8 Å². The van der Waals surface area contributed by atoms with Crippen molar-refractivity contribution < 1.29 is 9.53 Å². The molecular weight excluding hydrogens is 264 g/mol. The standard InChI is InChI=1S/C14H21ClN2O2/c1-14(2,3)19-13(18)17-11(9-16)8-10-6-4-5-7-12(10)15/h4-7,11H,8-9,16H2,1-3H3,(H,17,18). The number of benzene rings is 1. The van der Waals surface area contributed by atoms with E-state index >= 15 is 0 Å². The van der Waals surface area contributed by atoms with Crippen molar-refractivity contribution in [2.75, 3.05) is 6.54 Å². The summed E-state index contributed by atoms with van der Waals surface area (Å²) >= 11 is 6.08. The molecule has 0 saturated heterocycles. The number of halogens is 1. The zero-order valence-electron chi connectivity index (χ0n) is 11.6. The van der Waals surface area contributed by atoms with Crippen LogP contribution in [-0.4, -0.2) is 24.3 Å². The molecule has 1 aromatic carbocycles. The van der Waals surface area contributed by atoms with Gasteiger partial charge in [0.05, 0.1) is 0 Å². The van der Waals surface area contributed by atoms with Crippen molar-refractivity contribution in [2.45, 2.75) is 38.8 Å². The van der Waals surface area contributed by atoms with Crippen molar-refractivity contribution in [3.05, 3.63) is 34.9 Å². The molecule has 1 amide bonds. The third-order valence-corrected chi connectivity index (χ3v) is 2.80. The fourth-order valence-corrected chi connectivity index (χ4v) is 1.81. The SMILES string of the molecule is CC(C)(C)OC(=O)NC(CN)Cc1ccccc1Cl. The van der Waals surface area contributed by atoms with E-state index in [0.29, 0.717) is 18.0 Å². The highest BCUT2D eigenvalue weighted by molar-refractivity contribution is 6.31. The number of nitrogens with two attached hydrogens (primary N) is 1. The number of rotatable bonds is 4. The number of hydrogen-bond donors (Lipinski definition) is 2. The molecular formula is C14H21ClN2O2. The van der Waals surface area contributed by atoms with Gasteiger partial charge in [0.1, 0.15) is 5.60 Å². The summed E-state index contributed by atoms with van der Waals surface area (Å²) in [6.07, 6.45) is 0.116. The Balaban J connectivity index is 2.60. The molecule has 0 aliphatic heterocycles. The van der Waals surface area contributed by atoms with Crippen LogP contribution in [0, 0.1) is 0 Å². The van der Waals surface area contributed by atoms with Crippen molar-refractivity contribution in [1.82, 2.24) is 5.32 Å². The Morgan fingerprint density at radius 1 is 1.42 bits per heavy atom. The summed E-state index contributed by atoms with van der Waals surface area (Å²) in [6, 6.07) is 7.31. The number of amides is 1. The highest BCUT2D eigenvalue weighted by Crippen LogP contribution is 2.16. The smallest absolute Gasteiger partial charge is 0.407 e. The van der Waals surface area contributed by atoms with Gasteiger partial charge in [-0.25, -0.2) is 4.79 Å². The van der Waals surface area contributed by atoms with Gasteiger partial charge in [-0.1, -0.05) is 29.8 Å². The van der Waals surface area contributed by atoms with Crippen LogP contribution in [0.3, 0.4) is 0 Å². The Kier molecular flexibility index (Phi) is 5.63. The van der Waals surface area contributed by atoms with E-state index in [1.165, 1.54) is 0 Å². The summed E-state index contributed by atoms with van der Waals surface area (Å²) < 4.78 is 5.20. The maximum atomic E-state index is 11.7. The third kappa shape index (κ3) is 5.94. The molecule has 3 N–H and O–H groups in total. The van der Waals surface area contributed by atoms with Crippen LogP contribution >= 0.6 is 11.6 Å². The molecule has 0 spiro atoms. The molecule has 19 heavy (non-hydrogen) atoms. The number of carbonyl (C=O) groups excluding carboxylic acids is 1. The maximum Gasteiger partial charge on any atom is 0.407 e. The molecule has 106 valence electrons. The topological polar surface area (TPSA) is 64.3 Å². The second kappa shape index (κ2) is 6.78. The summed E-state index contributed by atoms with van der Waals surface area (Å²) in [7, 11) is 0. The molecule has 0 aliphatic rings. The lowest BCUT2D eigenvalue weighted by Crippen LogP contribution is -2.44. The molecule has 0 aromatic heterocycles. The fraction of sp³-hybridized carbons (Fsp3) is 0.500. The molecule has 5 heteroatoms. The molecule has 0 heterocycles. The Labute approximate surface area is 119 Å². The van der Waals surface area contributed by atoms with Crippen LogP contribution in [0.4, 0.5) is 4.79 Å². The fourth-order valence-electron chi connectivity index (χ4n) is 1.60. The van der Waals surface area contributed by atoms with Crippen molar-refractivity contribution in [3.63, 3.8) is 0 Å². The lowest BCUT2D eigenvalue weighted by atomic mass is 10.1. The lowest BCUT2D eigenvalue weighted by Gasteiger charge is -2.23. The monoisotopic (exact) mass is 284 g/mol. The minimum atomic E-state index is -0.520. The second-order valence-corrected chi connectivity index (χ2v) is 5.78. The van der Waals surface area contributed by atoms with E-state index in [1.54, 1.807) is 0 Å². The minimum absolute atomic E-state index is 0.199. The van der Waals surface area contributed by atoms with Crippen LogP contribution in [0.15, 0.2) is 24.3 Å². The van der Waals surface area contributed by atoms with Crippen LogP contribution in [0.25, 0.3) is 0 Å². The van der Waals surface area contributed by atoms with E-state index in [1.807, 2.05) is 45.0 Å². The molecule has 0 saturated carbocycles. The maximum absolute atomic E-state index is 11.7. The van der Waals surface area contributed by atoms with Gasteiger partial charge in [-0.3, -0.25) is 0 Å². The number of ether oxygens (including phenoxy) is 1. The van der Waals surface area contributed by atoms with Crippen LogP contribution in [0.1, 0.15) is 26.3 Å². The highest BCUT2D eigenvalue weighted by Gasteiger charge is 2.19.